The van der Waals surface area contributed by atoms with Crippen LogP contribution in [0.4, 0.5) is 0 Å². The topological polar surface area (TPSA) is 32.3 Å². The lowest BCUT2D eigenvalue weighted by molar-refractivity contribution is -0.702. The molecule has 0 radical (unpaired) electrons. The summed E-state index contributed by atoms with van der Waals surface area (Å²) in [6.45, 7) is 5.20. The smallest absolute Gasteiger partial charge is 0.253 e. The first-order valence-electron chi connectivity index (χ1n) is 5.46. The van der Waals surface area contributed by atoms with Gasteiger partial charge in [-0.25, -0.2) is 9.13 Å². The zero-order valence-corrected chi connectivity index (χ0v) is 9.98. The first-order chi connectivity index (χ1) is 7.15. The van der Waals surface area contributed by atoms with E-state index in [0.717, 1.165) is 26.1 Å². The molecule has 0 aliphatic rings. The number of likely N-dealkylation sites (N-methyl/N-ethyl adjacent to an activating group) is 1. The summed E-state index contributed by atoms with van der Waals surface area (Å²) < 4.78 is 4.38. The molecule has 0 aromatic carbocycles. The summed E-state index contributed by atoms with van der Waals surface area (Å²) in [7, 11) is 4.10. The van der Waals surface area contributed by atoms with Crippen LogP contribution in [0.2, 0.25) is 0 Å². The maximum atomic E-state index is 8.75. The first-order valence-corrected chi connectivity index (χ1v) is 5.46. The highest BCUT2D eigenvalue weighted by Crippen LogP contribution is 1.92. The number of imidazole rings is 1. The molecule has 0 aliphatic heterocycles. The molecule has 0 fully saturated rings. The molecular weight excluding hydrogens is 190 g/mol. The molecule has 4 nitrogen and oxygen atoms in total. The van der Waals surface area contributed by atoms with Gasteiger partial charge in [-0.15, -0.1) is 0 Å². The van der Waals surface area contributed by atoms with E-state index in [1.54, 1.807) is 0 Å². The number of aryl methyl sites for hydroxylation is 2. The van der Waals surface area contributed by atoms with E-state index in [0.29, 0.717) is 0 Å². The van der Waals surface area contributed by atoms with Crippen LogP contribution in [0.5, 0.6) is 0 Å². The number of hydrogen-bond acceptors (Lipinski definition) is 2. The SMILES string of the molecule is Cc1n(C)cc[n+]1CCCN(C)CCO. The number of aliphatic hydroxyl groups is 1. The maximum Gasteiger partial charge on any atom is 0.253 e. The third-order valence-electron chi connectivity index (χ3n) is 2.82. The van der Waals surface area contributed by atoms with E-state index in [1.807, 2.05) is 7.05 Å². The van der Waals surface area contributed by atoms with Crippen molar-refractivity contribution in [2.24, 2.45) is 7.05 Å². The summed E-state index contributed by atoms with van der Waals surface area (Å²) in [6, 6.07) is 0. The van der Waals surface area contributed by atoms with Crippen molar-refractivity contribution in [3.05, 3.63) is 18.2 Å². The minimum atomic E-state index is 0.244. The van der Waals surface area contributed by atoms with Gasteiger partial charge in [-0.3, -0.25) is 0 Å². The van der Waals surface area contributed by atoms with Gasteiger partial charge in [0.15, 0.2) is 0 Å². The highest BCUT2D eigenvalue weighted by Gasteiger charge is 2.08. The molecule has 0 bridgehead atoms. The normalized spacial score (nSPS) is 11.3. The fourth-order valence-corrected chi connectivity index (χ4v) is 1.63. The molecule has 0 amide bonds. The molecule has 0 unspecified atom stereocenters. The second-order valence-corrected chi connectivity index (χ2v) is 4.03. The average molecular weight is 212 g/mol. The molecule has 86 valence electrons. The van der Waals surface area contributed by atoms with Crippen LogP contribution in [0.1, 0.15) is 12.2 Å². The third-order valence-corrected chi connectivity index (χ3v) is 2.82. The van der Waals surface area contributed by atoms with Gasteiger partial charge in [-0.1, -0.05) is 0 Å². The van der Waals surface area contributed by atoms with E-state index in [-0.39, 0.29) is 6.61 Å². The molecule has 1 aromatic rings. The van der Waals surface area contributed by atoms with Crippen LogP contribution < -0.4 is 4.57 Å². The van der Waals surface area contributed by atoms with Gasteiger partial charge in [0, 0.05) is 20.0 Å². The van der Waals surface area contributed by atoms with E-state index >= 15 is 0 Å². The molecule has 0 aliphatic carbocycles. The van der Waals surface area contributed by atoms with Crippen molar-refractivity contribution in [1.82, 2.24) is 9.47 Å². The lowest BCUT2D eigenvalue weighted by atomic mass is 10.4. The van der Waals surface area contributed by atoms with Gasteiger partial charge in [0.1, 0.15) is 12.4 Å². The Hall–Kier alpha value is -0.870. The number of nitrogens with zero attached hydrogens (tertiary/aromatic N) is 3. The Labute approximate surface area is 91.8 Å². The van der Waals surface area contributed by atoms with Gasteiger partial charge in [-0.05, 0) is 13.5 Å². The summed E-state index contributed by atoms with van der Waals surface area (Å²) in [5.74, 6) is 1.28. The van der Waals surface area contributed by atoms with Crippen molar-refractivity contribution in [2.45, 2.75) is 19.9 Å². The van der Waals surface area contributed by atoms with Gasteiger partial charge < -0.3 is 10.0 Å². The van der Waals surface area contributed by atoms with Crippen molar-refractivity contribution in [2.75, 3.05) is 26.7 Å². The lowest BCUT2D eigenvalue weighted by Gasteiger charge is -2.13. The monoisotopic (exact) mass is 212 g/mol. The van der Waals surface area contributed by atoms with Crippen LogP contribution in [-0.2, 0) is 13.6 Å². The quantitative estimate of drug-likeness (QED) is 0.670. The molecule has 0 spiro atoms. The van der Waals surface area contributed by atoms with Crippen LogP contribution in [0.25, 0.3) is 0 Å². The van der Waals surface area contributed by atoms with Crippen LogP contribution in [0, 0.1) is 6.92 Å². The number of aromatic nitrogens is 2. The maximum absolute atomic E-state index is 8.75. The van der Waals surface area contributed by atoms with Gasteiger partial charge in [0.2, 0.25) is 0 Å². The standard InChI is InChI=1S/C11H22N3O/c1-11-13(3)7-8-14(11)6-4-5-12(2)9-10-15/h7-8,15H,4-6,9-10H2,1-3H3/q+1. The molecule has 0 atom stereocenters. The average Bonchev–Trinajstić information content (AvgIpc) is 2.50. The van der Waals surface area contributed by atoms with Crippen LogP contribution >= 0.6 is 0 Å². The lowest BCUT2D eigenvalue weighted by Crippen LogP contribution is -2.37. The van der Waals surface area contributed by atoms with Gasteiger partial charge in [-0.2, -0.15) is 0 Å². The van der Waals surface area contributed by atoms with Crippen molar-refractivity contribution < 1.29 is 9.67 Å². The van der Waals surface area contributed by atoms with Gasteiger partial charge in [0.25, 0.3) is 5.82 Å². The van der Waals surface area contributed by atoms with Crippen LogP contribution in [0.15, 0.2) is 12.4 Å². The second kappa shape index (κ2) is 5.88. The Morgan fingerprint density at radius 3 is 2.73 bits per heavy atom. The predicted octanol–water partition coefficient (Wildman–Crippen LogP) is -0.0648. The Balaban J connectivity index is 2.29. The number of aliphatic hydroxyl groups excluding tert-OH is 1. The van der Waals surface area contributed by atoms with E-state index in [9.17, 15) is 0 Å². The van der Waals surface area contributed by atoms with Crippen molar-refractivity contribution in [3.63, 3.8) is 0 Å². The Morgan fingerprint density at radius 1 is 1.47 bits per heavy atom. The molecule has 4 heteroatoms. The second-order valence-electron chi connectivity index (χ2n) is 4.03. The molecule has 0 saturated carbocycles. The van der Waals surface area contributed by atoms with E-state index in [1.165, 1.54) is 5.82 Å². The molecule has 1 N–H and O–H groups in total. The highest BCUT2D eigenvalue weighted by atomic mass is 16.3. The van der Waals surface area contributed by atoms with E-state index < -0.39 is 0 Å². The first kappa shape index (κ1) is 12.2. The highest BCUT2D eigenvalue weighted by molar-refractivity contribution is 4.76. The van der Waals surface area contributed by atoms with Crippen molar-refractivity contribution in [3.8, 4) is 0 Å². The van der Waals surface area contributed by atoms with Gasteiger partial charge in [0.05, 0.1) is 20.2 Å². The van der Waals surface area contributed by atoms with E-state index in [4.69, 9.17) is 5.11 Å². The minimum Gasteiger partial charge on any atom is -0.395 e. The fourth-order valence-electron chi connectivity index (χ4n) is 1.63. The Bertz CT molecular complexity index is 296. The van der Waals surface area contributed by atoms with Crippen LogP contribution in [0.3, 0.4) is 0 Å². The molecule has 1 rings (SSSR count). The van der Waals surface area contributed by atoms with Gasteiger partial charge >= 0.3 is 0 Å². The molecule has 1 aromatic heterocycles. The summed E-state index contributed by atoms with van der Waals surface area (Å²) in [6.07, 6.45) is 5.31. The summed E-state index contributed by atoms with van der Waals surface area (Å²) >= 11 is 0. The van der Waals surface area contributed by atoms with Crippen LogP contribution in [-0.4, -0.2) is 41.3 Å². The third kappa shape index (κ3) is 3.64. The predicted molar refractivity (Wildman–Crippen MR) is 59.5 cm³/mol. The van der Waals surface area contributed by atoms with Crippen molar-refractivity contribution >= 4 is 0 Å². The molecule has 1 heterocycles. The molecular formula is C11H22N3O+. The zero-order chi connectivity index (χ0) is 11.3. The summed E-state index contributed by atoms with van der Waals surface area (Å²) in [5.41, 5.74) is 0. The number of rotatable bonds is 6. The number of hydrogen-bond donors (Lipinski definition) is 1. The molecule has 0 saturated heterocycles. The van der Waals surface area contributed by atoms with E-state index in [2.05, 4.69) is 40.4 Å². The largest absolute Gasteiger partial charge is 0.395 e. The Kier molecular flexibility index (Phi) is 4.78. The fraction of sp³-hybridized carbons (Fsp3) is 0.727. The summed E-state index contributed by atoms with van der Waals surface area (Å²) in [4.78, 5) is 2.15. The Morgan fingerprint density at radius 2 is 2.20 bits per heavy atom. The zero-order valence-electron chi connectivity index (χ0n) is 9.98. The minimum absolute atomic E-state index is 0.244. The summed E-state index contributed by atoms with van der Waals surface area (Å²) in [5, 5.41) is 8.75. The molecule has 15 heavy (non-hydrogen) atoms. The van der Waals surface area contributed by atoms with Crippen molar-refractivity contribution in [1.29, 1.82) is 0 Å².